The third-order valence-electron chi connectivity index (χ3n) is 5.14. The zero-order chi connectivity index (χ0) is 25.5. The minimum Gasteiger partial charge on any atom is -0.487 e. The van der Waals surface area contributed by atoms with Crippen LogP contribution in [-0.2, 0) is 6.61 Å². The lowest BCUT2D eigenvalue weighted by Crippen LogP contribution is -1.98. The molecule has 0 aliphatic heterocycles. The molecule has 1 radical (unpaired) electrons. The van der Waals surface area contributed by atoms with Gasteiger partial charge in [0.1, 0.15) is 49.1 Å². The number of hydrogen-bond acceptors (Lipinski definition) is 5. The molecular formula is C28H25BClFN3O2. The molecule has 2 aromatic heterocycles. The number of anilines is 2. The third-order valence-corrected chi connectivity index (χ3v) is 5.43. The molecule has 0 aliphatic carbocycles. The molecule has 3 aromatic carbocycles. The van der Waals surface area contributed by atoms with E-state index in [0.717, 1.165) is 39.2 Å². The highest BCUT2D eigenvalue weighted by atomic mass is 35.5. The molecule has 0 spiro atoms. The summed E-state index contributed by atoms with van der Waals surface area (Å²) in [6.45, 7) is 6.13. The average Bonchev–Trinajstić information content (AvgIpc) is 3.30. The van der Waals surface area contributed by atoms with Crippen molar-refractivity contribution in [2.75, 3.05) is 5.32 Å². The quantitative estimate of drug-likeness (QED) is 0.239. The van der Waals surface area contributed by atoms with Crippen molar-refractivity contribution in [3.8, 4) is 17.1 Å². The minimum atomic E-state index is -0.302. The number of nitrogens with zero attached hydrogens (tertiary/aromatic N) is 2. The molecule has 0 bridgehead atoms. The van der Waals surface area contributed by atoms with Crippen molar-refractivity contribution in [2.24, 2.45) is 0 Å². The number of furan rings is 1. The average molecular weight is 501 g/mol. The molecule has 0 fully saturated rings. The Kier molecular flexibility index (Phi) is 8.23. The minimum absolute atomic E-state index is 0.218. The standard InChI is InChI=1S/C26H19ClFN3O2.C2H6B/c1-16-5-9-24(33-16)18-6-8-23-21(12-18)26(30-15-29-23)31-20-7-10-25(22(27)13-20)32-14-17-3-2-4-19(28)11-17;1-3-2/h2-13,15H,14H2,1H3,(H,29,30,31);1-2H3. The maximum atomic E-state index is 13.4. The van der Waals surface area contributed by atoms with Crippen LogP contribution in [0.2, 0.25) is 18.7 Å². The molecule has 5 rings (SSSR count). The summed E-state index contributed by atoms with van der Waals surface area (Å²) in [4.78, 5) is 8.78. The fraction of sp³-hybridized carbons (Fsp3) is 0.143. The van der Waals surface area contributed by atoms with E-state index in [4.69, 9.17) is 20.8 Å². The van der Waals surface area contributed by atoms with Gasteiger partial charge >= 0.3 is 0 Å². The van der Waals surface area contributed by atoms with E-state index in [2.05, 4.69) is 15.3 Å². The SMILES string of the molecule is C[B]C.Cc1ccc(-c2ccc3ncnc(Nc4ccc(OCc5cccc(F)c5)c(Cl)c4)c3c2)o1. The summed E-state index contributed by atoms with van der Waals surface area (Å²) >= 11 is 6.43. The van der Waals surface area contributed by atoms with Crippen LogP contribution in [0, 0.1) is 12.7 Å². The second kappa shape index (κ2) is 11.7. The molecule has 36 heavy (non-hydrogen) atoms. The summed E-state index contributed by atoms with van der Waals surface area (Å²) in [5, 5.41) is 4.59. The molecule has 0 unspecified atom stereocenters. The lowest BCUT2D eigenvalue weighted by Gasteiger charge is -2.12. The highest BCUT2D eigenvalue weighted by Gasteiger charge is 2.10. The lowest BCUT2D eigenvalue weighted by atomic mass is 9.88. The van der Waals surface area contributed by atoms with E-state index < -0.39 is 0 Å². The summed E-state index contributed by atoms with van der Waals surface area (Å²) in [7, 11) is 2.00. The van der Waals surface area contributed by atoms with Crippen molar-refractivity contribution in [2.45, 2.75) is 27.2 Å². The first-order chi connectivity index (χ1) is 17.5. The molecule has 0 saturated heterocycles. The normalized spacial score (nSPS) is 10.5. The van der Waals surface area contributed by atoms with E-state index in [1.165, 1.54) is 18.5 Å². The van der Waals surface area contributed by atoms with Gasteiger partial charge in [-0.1, -0.05) is 37.4 Å². The fourth-order valence-corrected chi connectivity index (χ4v) is 3.75. The number of aryl methyl sites for hydroxylation is 1. The van der Waals surface area contributed by atoms with Gasteiger partial charge < -0.3 is 14.5 Å². The van der Waals surface area contributed by atoms with Crippen molar-refractivity contribution in [1.82, 2.24) is 9.97 Å². The van der Waals surface area contributed by atoms with Gasteiger partial charge in [0, 0.05) is 16.6 Å². The number of benzene rings is 3. The highest BCUT2D eigenvalue weighted by Crippen LogP contribution is 2.32. The summed E-state index contributed by atoms with van der Waals surface area (Å²) < 4.78 is 24.9. The number of aromatic nitrogens is 2. The van der Waals surface area contributed by atoms with Gasteiger partial charge in [-0.15, -0.1) is 0 Å². The van der Waals surface area contributed by atoms with E-state index >= 15 is 0 Å². The van der Waals surface area contributed by atoms with E-state index in [1.54, 1.807) is 24.3 Å². The zero-order valence-corrected chi connectivity index (χ0v) is 21.0. The smallest absolute Gasteiger partial charge is 0.141 e. The van der Waals surface area contributed by atoms with Crippen molar-refractivity contribution < 1.29 is 13.5 Å². The highest BCUT2D eigenvalue weighted by molar-refractivity contribution is 6.32. The van der Waals surface area contributed by atoms with E-state index in [9.17, 15) is 4.39 Å². The Bertz CT molecular complexity index is 1470. The van der Waals surface area contributed by atoms with Crippen LogP contribution in [0.5, 0.6) is 5.75 Å². The molecule has 8 heteroatoms. The number of nitrogens with one attached hydrogen (secondary N) is 1. The van der Waals surface area contributed by atoms with Gasteiger partial charge in [0.05, 0.1) is 10.5 Å². The van der Waals surface area contributed by atoms with Crippen LogP contribution in [0.15, 0.2) is 83.5 Å². The monoisotopic (exact) mass is 500 g/mol. The Hall–Kier alpha value is -3.84. The topological polar surface area (TPSA) is 60.2 Å². The maximum Gasteiger partial charge on any atom is 0.141 e. The number of rotatable bonds is 6. The van der Waals surface area contributed by atoms with Crippen LogP contribution >= 0.6 is 11.6 Å². The molecular weight excluding hydrogens is 476 g/mol. The molecule has 181 valence electrons. The van der Waals surface area contributed by atoms with E-state index in [-0.39, 0.29) is 12.4 Å². The Morgan fingerprint density at radius 3 is 2.56 bits per heavy atom. The molecule has 5 aromatic rings. The van der Waals surface area contributed by atoms with Gasteiger partial charge in [-0.3, -0.25) is 0 Å². The van der Waals surface area contributed by atoms with Crippen molar-refractivity contribution >= 4 is 41.3 Å². The van der Waals surface area contributed by atoms with Gasteiger partial charge in [0.25, 0.3) is 0 Å². The first-order valence-electron chi connectivity index (χ1n) is 11.5. The molecule has 0 aliphatic rings. The fourth-order valence-electron chi connectivity index (χ4n) is 3.52. The summed E-state index contributed by atoms with van der Waals surface area (Å²) in [6.07, 6.45) is 1.51. The Labute approximate surface area is 215 Å². The van der Waals surface area contributed by atoms with Crippen LogP contribution in [-0.4, -0.2) is 17.2 Å². The van der Waals surface area contributed by atoms with Crippen molar-refractivity contribution in [3.05, 3.63) is 101 Å². The summed E-state index contributed by atoms with van der Waals surface area (Å²) in [5.74, 6) is 2.49. The van der Waals surface area contributed by atoms with Crippen molar-refractivity contribution in [3.63, 3.8) is 0 Å². The molecule has 1 N–H and O–H groups in total. The molecule has 0 saturated carbocycles. The third kappa shape index (κ3) is 6.23. The number of halogens is 2. The second-order valence-electron chi connectivity index (χ2n) is 8.13. The van der Waals surface area contributed by atoms with Crippen LogP contribution in [0.4, 0.5) is 15.9 Å². The zero-order valence-electron chi connectivity index (χ0n) is 20.3. The number of fused-ring (bicyclic) bond motifs is 1. The Balaban J connectivity index is 0.000000967. The summed E-state index contributed by atoms with van der Waals surface area (Å²) in [6, 6.07) is 21.4. The van der Waals surface area contributed by atoms with Gasteiger partial charge in [-0.05, 0) is 73.2 Å². The van der Waals surface area contributed by atoms with Crippen LogP contribution in [0.1, 0.15) is 11.3 Å². The van der Waals surface area contributed by atoms with Gasteiger partial charge in [-0.2, -0.15) is 0 Å². The maximum absolute atomic E-state index is 13.4. The Morgan fingerprint density at radius 2 is 1.83 bits per heavy atom. The molecule has 0 atom stereocenters. The predicted molar refractivity (Wildman–Crippen MR) is 145 cm³/mol. The largest absolute Gasteiger partial charge is 0.487 e. The molecule has 2 heterocycles. The lowest BCUT2D eigenvalue weighted by molar-refractivity contribution is 0.306. The van der Waals surface area contributed by atoms with Crippen LogP contribution in [0.3, 0.4) is 0 Å². The van der Waals surface area contributed by atoms with E-state index in [1.807, 2.05) is 64.2 Å². The van der Waals surface area contributed by atoms with Gasteiger partial charge in [0.2, 0.25) is 0 Å². The van der Waals surface area contributed by atoms with E-state index in [0.29, 0.717) is 16.6 Å². The first-order valence-corrected chi connectivity index (χ1v) is 11.8. The second-order valence-corrected chi connectivity index (χ2v) is 8.54. The number of hydrogen-bond donors (Lipinski definition) is 1. The first kappa shape index (κ1) is 25.3. The van der Waals surface area contributed by atoms with Crippen molar-refractivity contribution in [1.29, 1.82) is 0 Å². The van der Waals surface area contributed by atoms with Gasteiger partial charge in [0.15, 0.2) is 0 Å². The van der Waals surface area contributed by atoms with Gasteiger partial charge in [-0.25, -0.2) is 14.4 Å². The van der Waals surface area contributed by atoms with Crippen LogP contribution < -0.4 is 10.1 Å². The van der Waals surface area contributed by atoms with Crippen LogP contribution in [0.25, 0.3) is 22.2 Å². The predicted octanol–water partition coefficient (Wildman–Crippen LogP) is 8.10. The Morgan fingerprint density at radius 1 is 1.00 bits per heavy atom. The number of ether oxygens (including phenoxy) is 1. The molecule has 0 amide bonds. The molecule has 5 nitrogen and oxygen atoms in total. The summed E-state index contributed by atoms with van der Waals surface area (Å²) in [5.41, 5.74) is 3.22.